The molecular formula is C13H8Cl2N2OS. The monoisotopic (exact) mass is 310 g/mol. The number of hydrogen-bond acceptors (Lipinski definition) is 3. The third-order valence-corrected chi connectivity index (χ3v) is 4.24. The molecule has 0 saturated carbocycles. The highest BCUT2D eigenvalue weighted by Gasteiger charge is 2.08. The Bertz CT molecular complexity index is 810. The number of aromatic nitrogens is 2. The van der Waals surface area contributed by atoms with Crippen LogP contribution in [0.25, 0.3) is 10.2 Å². The Morgan fingerprint density at radius 1 is 1.26 bits per heavy atom. The van der Waals surface area contributed by atoms with Crippen LogP contribution in [0, 0.1) is 0 Å². The summed E-state index contributed by atoms with van der Waals surface area (Å²) in [7, 11) is 0. The van der Waals surface area contributed by atoms with Gasteiger partial charge in [0.15, 0.2) is 0 Å². The maximum absolute atomic E-state index is 11.9. The molecule has 0 aliphatic rings. The Morgan fingerprint density at radius 2 is 2.11 bits per heavy atom. The highest BCUT2D eigenvalue weighted by molar-refractivity contribution is 7.17. The number of nitrogens with one attached hydrogen (secondary N) is 1. The molecule has 0 unspecified atom stereocenters. The maximum Gasteiger partial charge on any atom is 0.268 e. The van der Waals surface area contributed by atoms with Crippen molar-refractivity contribution >= 4 is 44.8 Å². The van der Waals surface area contributed by atoms with Crippen LogP contribution in [0.15, 0.2) is 34.4 Å². The largest absolute Gasteiger partial charge is 0.309 e. The van der Waals surface area contributed by atoms with Crippen LogP contribution in [0.3, 0.4) is 0 Å². The Morgan fingerprint density at radius 3 is 2.95 bits per heavy atom. The molecule has 0 spiro atoms. The number of nitrogens with zero attached hydrogens (tertiary/aromatic N) is 1. The van der Waals surface area contributed by atoms with Gasteiger partial charge in [-0.05, 0) is 35.2 Å². The molecule has 2 aromatic heterocycles. The first-order valence-electron chi connectivity index (χ1n) is 5.54. The van der Waals surface area contributed by atoms with E-state index in [9.17, 15) is 4.79 Å². The molecule has 3 rings (SSSR count). The van der Waals surface area contributed by atoms with Gasteiger partial charge in [-0.1, -0.05) is 23.2 Å². The molecular weight excluding hydrogens is 303 g/mol. The molecule has 0 saturated heterocycles. The second kappa shape index (κ2) is 4.96. The smallest absolute Gasteiger partial charge is 0.268 e. The first-order chi connectivity index (χ1) is 9.13. The third kappa shape index (κ3) is 2.52. The summed E-state index contributed by atoms with van der Waals surface area (Å²) in [5, 5.41) is 3.07. The fourth-order valence-corrected chi connectivity index (χ4v) is 2.97. The van der Waals surface area contributed by atoms with Crippen molar-refractivity contribution in [2.45, 2.75) is 6.42 Å². The van der Waals surface area contributed by atoms with Gasteiger partial charge in [0.1, 0.15) is 10.5 Å². The summed E-state index contributed by atoms with van der Waals surface area (Å²) in [5.74, 6) is 0.583. The summed E-state index contributed by atoms with van der Waals surface area (Å²) in [6.07, 6.45) is 0.445. The lowest BCUT2D eigenvalue weighted by atomic mass is 10.1. The first-order valence-corrected chi connectivity index (χ1v) is 7.17. The standard InChI is InChI=1S/C13H8Cl2N2OS/c14-8-1-2-9(15)7(5-8)6-11-16-10-3-4-19-12(10)13(18)17-11/h1-5H,6H2,(H,16,17,18). The zero-order valence-corrected chi connectivity index (χ0v) is 11.9. The quantitative estimate of drug-likeness (QED) is 0.780. The molecule has 6 heteroatoms. The van der Waals surface area contributed by atoms with E-state index in [0.29, 0.717) is 32.5 Å². The fourth-order valence-electron chi connectivity index (χ4n) is 1.86. The molecule has 1 N–H and O–H groups in total. The van der Waals surface area contributed by atoms with Crippen LogP contribution < -0.4 is 5.56 Å². The van der Waals surface area contributed by atoms with Crippen LogP contribution in [0.2, 0.25) is 10.0 Å². The topological polar surface area (TPSA) is 45.8 Å². The van der Waals surface area contributed by atoms with Crippen molar-refractivity contribution in [2.24, 2.45) is 0 Å². The molecule has 19 heavy (non-hydrogen) atoms. The minimum atomic E-state index is -0.117. The van der Waals surface area contributed by atoms with E-state index in [4.69, 9.17) is 23.2 Å². The summed E-state index contributed by atoms with van der Waals surface area (Å²) < 4.78 is 0.640. The summed E-state index contributed by atoms with van der Waals surface area (Å²) in [5.41, 5.74) is 1.43. The van der Waals surface area contributed by atoms with Gasteiger partial charge in [-0.3, -0.25) is 4.79 Å². The molecule has 0 aliphatic heterocycles. The number of hydrogen-bond donors (Lipinski definition) is 1. The van der Waals surface area contributed by atoms with Crippen LogP contribution in [-0.2, 0) is 6.42 Å². The normalized spacial score (nSPS) is 11.1. The molecule has 96 valence electrons. The van der Waals surface area contributed by atoms with E-state index in [1.54, 1.807) is 18.2 Å². The van der Waals surface area contributed by atoms with Gasteiger partial charge in [0.05, 0.1) is 5.52 Å². The van der Waals surface area contributed by atoms with Crippen molar-refractivity contribution in [1.29, 1.82) is 0 Å². The second-order valence-electron chi connectivity index (χ2n) is 4.06. The highest BCUT2D eigenvalue weighted by atomic mass is 35.5. The van der Waals surface area contributed by atoms with E-state index in [2.05, 4.69) is 9.97 Å². The Labute approximate surface area is 122 Å². The lowest BCUT2D eigenvalue weighted by Crippen LogP contribution is -2.10. The molecule has 0 radical (unpaired) electrons. The predicted octanol–water partition coefficient (Wildman–Crippen LogP) is 3.88. The van der Waals surface area contributed by atoms with Crippen LogP contribution in [-0.4, -0.2) is 9.97 Å². The summed E-state index contributed by atoms with van der Waals surface area (Å²) in [4.78, 5) is 19.0. The van der Waals surface area contributed by atoms with E-state index in [1.807, 2.05) is 11.4 Å². The van der Waals surface area contributed by atoms with Crippen LogP contribution in [0.5, 0.6) is 0 Å². The van der Waals surface area contributed by atoms with Crippen molar-refractivity contribution < 1.29 is 0 Å². The van der Waals surface area contributed by atoms with Crippen molar-refractivity contribution in [1.82, 2.24) is 9.97 Å². The van der Waals surface area contributed by atoms with Gasteiger partial charge >= 0.3 is 0 Å². The minimum Gasteiger partial charge on any atom is -0.309 e. The average Bonchev–Trinajstić information content (AvgIpc) is 2.82. The van der Waals surface area contributed by atoms with Crippen molar-refractivity contribution in [2.75, 3.05) is 0 Å². The van der Waals surface area contributed by atoms with Gasteiger partial charge in [-0.25, -0.2) is 4.98 Å². The zero-order chi connectivity index (χ0) is 13.4. The zero-order valence-electron chi connectivity index (χ0n) is 9.61. The van der Waals surface area contributed by atoms with Crippen molar-refractivity contribution in [3.05, 3.63) is 61.4 Å². The first kappa shape index (κ1) is 12.7. The average molecular weight is 311 g/mol. The van der Waals surface area contributed by atoms with E-state index < -0.39 is 0 Å². The summed E-state index contributed by atoms with van der Waals surface area (Å²) in [6, 6.07) is 7.08. The molecule has 3 aromatic rings. The number of H-pyrrole nitrogens is 1. The van der Waals surface area contributed by atoms with Gasteiger partial charge in [-0.15, -0.1) is 11.3 Å². The molecule has 0 fully saturated rings. The number of thiophene rings is 1. The van der Waals surface area contributed by atoms with Crippen molar-refractivity contribution in [3.8, 4) is 0 Å². The molecule has 0 atom stereocenters. The lowest BCUT2D eigenvalue weighted by molar-refractivity contribution is 0.976. The summed E-state index contributed by atoms with van der Waals surface area (Å²) >= 11 is 13.4. The van der Waals surface area contributed by atoms with E-state index in [0.717, 1.165) is 5.56 Å². The van der Waals surface area contributed by atoms with Gasteiger partial charge in [0, 0.05) is 16.5 Å². The van der Waals surface area contributed by atoms with Gasteiger partial charge < -0.3 is 4.98 Å². The number of rotatable bonds is 2. The molecule has 0 bridgehead atoms. The van der Waals surface area contributed by atoms with Crippen LogP contribution >= 0.6 is 34.5 Å². The predicted molar refractivity (Wildman–Crippen MR) is 79.5 cm³/mol. The number of benzene rings is 1. The lowest BCUT2D eigenvalue weighted by Gasteiger charge is -2.04. The SMILES string of the molecule is O=c1[nH]c(Cc2cc(Cl)ccc2Cl)nc2ccsc12. The van der Waals surface area contributed by atoms with Gasteiger partial charge in [0.2, 0.25) is 0 Å². The van der Waals surface area contributed by atoms with Gasteiger partial charge in [-0.2, -0.15) is 0 Å². The highest BCUT2D eigenvalue weighted by Crippen LogP contribution is 2.23. The molecule has 3 nitrogen and oxygen atoms in total. The van der Waals surface area contributed by atoms with Crippen molar-refractivity contribution in [3.63, 3.8) is 0 Å². The fraction of sp³-hybridized carbons (Fsp3) is 0.0769. The molecule has 0 aliphatic carbocycles. The summed E-state index contributed by atoms with van der Waals surface area (Å²) in [6.45, 7) is 0. The number of aromatic amines is 1. The Kier molecular flexibility index (Phi) is 3.31. The third-order valence-electron chi connectivity index (χ3n) is 2.73. The minimum absolute atomic E-state index is 0.117. The van der Waals surface area contributed by atoms with E-state index in [-0.39, 0.29) is 5.56 Å². The Balaban J connectivity index is 2.05. The van der Waals surface area contributed by atoms with Gasteiger partial charge in [0.25, 0.3) is 5.56 Å². The van der Waals surface area contributed by atoms with Crippen LogP contribution in [0.4, 0.5) is 0 Å². The van der Waals surface area contributed by atoms with E-state index >= 15 is 0 Å². The number of halogens is 2. The Hall–Kier alpha value is -1.36. The molecule has 1 aromatic carbocycles. The molecule has 0 amide bonds. The van der Waals surface area contributed by atoms with Crippen LogP contribution in [0.1, 0.15) is 11.4 Å². The second-order valence-corrected chi connectivity index (χ2v) is 5.82. The van der Waals surface area contributed by atoms with E-state index in [1.165, 1.54) is 11.3 Å². The maximum atomic E-state index is 11.9. The number of fused-ring (bicyclic) bond motifs is 1. The molecule has 2 heterocycles.